The van der Waals surface area contributed by atoms with Crippen LogP contribution in [0.15, 0.2) is 35.4 Å². The van der Waals surface area contributed by atoms with Crippen molar-refractivity contribution in [2.24, 2.45) is 5.73 Å². The third kappa shape index (κ3) is 12.1. The number of nitrogens with one attached hydrogen (secondary N) is 2. The Morgan fingerprint density at radius 2 is 1.71 bits per heavy atom. The van der Waals surface area contributed by atoms with Crippen LogP contribution >= 0.6 is 22.9 Å². The second-order valence-corrected chi connectivity index (χ2v) is 11.8. The van der Waals surface area contributed by atoms with Crippen LogP contribution in [0.3, 0.4) is 0 Å². The zero-order valence-electron chi connectivity index (χ0n) is 25.6. The number of hydrogen-bond acceptors (Lipinski definition) is 8. The largest absolute Gasteiger partial charge is 0.495 e. The van der Waals surface area contributed by atoms with E-state index in [9.17, 15) is 9.00 Å². The van der Waals surface area contributed by atoms with Crippen LogP contribution in [0, 0.1) is 13.8 Å². The summed E-state index contributed by atoms with van der Waals surface area (Å²) >= 11 is 7.66. The Labute approximate surface area is 257 Å². The Balaban J connectivity index is 0.000000950. The number of rotatable bonds is 7. The fourth-order valence-electron chi connectivity index (χ4n) is 4.06. The predicted octanol–water partition coefficient (Wildman–Crippen LogP) is 7.95. The van der Waals surface area contributed by atoms with Gasteiger partial charge in [-0.05, 0) is 83.0 Å². The third-order valence-corrected chi connectivity index (χ3v) is 8.50. The fourth-order valence-corrected chi connectivity index (χ4v) is 6.21. The minimum absolute atomic E-state index is 0.167. The van der Waals surface area contributed by atoms with Crippen LogP contribution in [0.4, 0.5) is 10.8 Å². The van der Waals surface area contributed by atoms with E-state index in [-0.39, 0.29) is 5.78 Å². The number of Topliss-reactive ketones (excluding diaryl/α,β-unsaturated/α-hetero) is 1. The van der Waals surface area contributed by atoms with Crippen LogP contribution < -0.4 is 20.5 Å². The van der Waals surface area contributed by atoms with Gasteiger partial charge in [-0.1, -0.05) is 62.5 Å². The number of aromatic nitrogens is 2. The van der Waals surface area contributed by atoms with E-state index >= 15 is 0 Å². The summed E-state index contributed by atoms with van der Waals surface area (Å²) in [5, 5.41) is 5.03. The van der Waals surface area contributed by atoms with Gasteiger partial charge in [-0.3, -0.25) is 4.72 Å². The highest BCUT2D eigenvalue weighted by molar-refractivity contribution is 7.86. The van der Waals surface area contributed by atoms with Crippen molar-refractivity contribution in [3.05, 3.63) is 46.9 Å². The van der Waals surface area contributed by atoms with Crippen molar-refractivity contribution >= 4 is 50.5 Å². The quantitative estimate of drug-likeness (QED) is 0.180. The van der Waals surface area contributed by atoms with Crippen molar-refractivity contribution in [2.45, 2.75) is 91.0 Å². The van der Waals surface area contributed by atoms with E-state index in [4.69, 9.17) is 21.3 Å². The summed E-state index contributed by atoms with van der Waals surface area (Å²) in [6.45, 7) is 10.9. The van der Waals surface area contributed by atoms with Crippen LogP contribution in [-0.2, 0) is 15.8 Å². The molecule has 0 amide bonds. The molecule has 0 bridgehead atoms. The Kier molecular flexibility index (Phi) is 17.4. The molecule has 2 heterocycles. The molecule has 228 valence electrons. The van der Waals surface area contributed by atoms with E-state index in [0.717, 1.165) is 26.8 Å². The summed E-state index contributed by atoms with van der Waals surface area (Å²) in [5.41, 5.74) is 7.87. The van der Waals surface area contributed by atoms with E-state index in [1.54, 1.807) is 24.6 Å². The summed E-state index contributed by atoms with van der Waals surface area (Å²) in [7, 11) is 1.54. The number of benzene rings is 1. The monoisotopic (exact) mass is 623 g/mol. The smallest absolute Gasteiger partial charge is 0.183 e. The number of thiazole rings is 1. The number of carbonyl (C=O) groups excluding carboxylic acids is 1. The van der Waals surface area contributed by atoms with E-state index in [2.05, 4.69) is 20.8 Å². The molecule has 11 heteroatoms. The van der Waals surface area contributed by atoms with Gasteiger partial charge in [0.15, 0.2) is 16.1 Å². The number of aryl methyl sites for hydroxylation is 2. The van der Waals surface area contributed by atoms with Gasteiger partial charge < -0.3 is 20.6 Å². The van der Waals surface area contributed by atoms with Gasteiger partial charge in [-0.2, -0.15) is 0 Å². The number of ether oxygens (including phenoxy) is 1. The van der Waals surface area contributed by atoms with Gasteiger partial charge in [0.1, 0.15) is 21.6 Å². The molecule has 3 aromatic rings. The summed E-state index contributed by atoms with van der Waals surface area (Å²) in [6, 6.07) is 8.07. The summed E-state index contributed by atoms with van der Waals surface area (Å²) in [5.74, 6) is 0.724. The Bertz CT molecular complexity index is 1240. The van der Waals surface area contributed by atoms with E-state index in [1.165, 1.54) is 59.4 Å². The highest BCUT2D eigenvalue weighted by atomic mass is 35.5. The number of halogens is 1. The molecule has 1 fully saturated rings. The Hall–Kier alpha value is -2.53. The van der Waals surface area contributed by atoms with Crippen LogP contribution in [-0.4, -0.2) is 40.2 Å². The average molecular weight is 624 g/mol. The van der Waals surface area contributed by atoms with Crippen LogP contribution in [0.1, 0.15) is 77.5 Å². The first-order valence-electron chi connectivity index (χ1n) is 14.0. The highest BCUT2D eigenvalue weighted by Crippen LogP contribution is 2.37. The van der Waals surface area contributed by atoms with Gasteiger partial charge in [0.05, 0.1) is 29.6 Å². The minimum Gasteiger partial charge on any atom is -0.495 e. The van der Waals surface area contributed by atoms with Gasteiger partial charge in [0.2, 0.25) is 0 Å². The molecule has 41 heavy (non-hydrogen) atoms. The number of ketones is 1. The molecule has 2 aromatic heterocycles. The number of nitrogens with two attached hydrogens (primary N) is 1. The molecule has 1 saturated carbocycles. The second kappa shape index (κ2) is 19.6. The number of hydrogen-bond donors (Lipinski definition) is 3. The maximum absolute atomic E-state index is 13.2. The molecule has 1 unspecified atom stereocenters. The summed E-state index contributed by atoms with van der Waals surface area (Å²) in [6.07, 6.45) is 9.17. The molecule has 1 atom stereocenters. The normalized spacial score (nSPS) is 13.5. The van der Waals surface area contributed by atoms with Gasteiger partial charge in [-0.25, -0.2) is 14.2 Å². The van der Waals surface area contributed by atoms with Gasteiger partial charge in [0.25, 0.3) is 0 Å². The fraction of sp³-hybridized carbons (Fsp3) is 0.500. The van der Waals surface area contributed by atoms with E-state index < -0.39 is 11.0 Å². The second-order valence-electron chi connectivity index (χ2n) is 9.24. The molecule has 1 aliphatic rings. The van der Waals surface area contributed by atoms with Crippen molar-refractivity contribution in [2.75, 3.05) is 24.2 Å². The molecule has 4 rings (SSSR count). The van der Waals surface area contributed by atoms with Crippen molar-refractivity contribution in [3.8, 4) is 16.2 Å². The number of anilines is 2. The van der Waals surface area contributed by atoms with Crippen LogP contribution in [0.25, 0.3) is 10.4 Å². The maximum Gasteiger partial charge on any atom is 0.183 e. The van der Waals surface area contributed by atoms with Crippen molar-refractivity contribution < 1.29 is 13.7 Å². The van der Waals surface area contributed by atoms with Gasteiger partial charge in [-0.15, -0.1) is 0 Å². The summed E-state index contributed by atoms with van der Waals surface area (Å²) in [4.78, 5) is 20.0. The zero-order chi connectivity index (χ0) is 30.9. The molecule has 1 aliphatic carbocycles. The Morgan fingerprint density at radius 1 is 1.10 bits per heavy atom. The highest BCUT2D eigenvalue weighted by Gasteiger charge is 2.18. The summed E-state index contributed by atoms with van der Waals surface area (Å²) < 4.78 is 21.7. The molecular weight excluding hydrogens is 578 g/mol. The van der Waals surface area contributed by atoms with E-state index in [0.29, 0.717) is 27.5 Å². The zero-order valence-corrected chi connectivity index (χ0v) is 28.0. The molecule has 8 nitrogen and oxygen atoms in total. The molecular formula is C30H46ClN5O3S2. The number of nitrogens with zero attached hydrogens (tertiary/aromatic N) is 2. The van der Waals surface area contributed by atoms with Crippen molar-refractivity contribution in [1.82, 2.24) is 9.97 Å². The lowest BCUT2D eigenvalue weighted by Crippen LogP contribution is -2.17. The lowest BCUT2D eigenvalue weighted by atomic mass is 10.1. The first-order chi connectivity index (χ1) is 19.7. The molecule has 0 aliphatic heterocycles. The van der Waals surface area contributed by atoms with Crippen molar-refractivity contribution in [3.63, 3.8) is 0 Å². The van der Waals surface area contributed by atoms with Gasteiger partial charge in [0, 0.05) is 6.04 Å². The first kappa shape index (κ1) is 36.5. The van der Waals surface area contributed by atoms with Crippen molar-refractivity contribution in [1.29, 1.82) is 0 Å². The molecule has 4 N–H and O–H groups in total. The lowest BCUT2D eigenvalue weighted by molar-refractivity contribution is -0.115. The molecule has 0 spiro atoms. The first-order valence-corrected chi connectivity index (χ1v) is 16.3. The Morgan fingerprint density at radius 3 is 2.27 bits per heavy atom. The molecule has 1 aromatic carbocycles. The van der Waals surface area contributed by atoms with Crippen LogP contribution in [0.5, 0.6) is 5.75 Å². The lowest BCUT2D eigenvalue weighted by Gasteiger charge is -2.14. The van der Waals surface area contributed by atoms with E-state index in [1.807, 2.05) is 52.0 Å². The third-order valence-electron chi connectivity index (χ3n) is 5.83. The molecule has 0 radical (unpaired) electrons. The average Bonchev–Trinajstić information content (AvgIpc) is 3.14. The molecule has 0 saturated heterocycles. The number of methoxy groups -OCH3 is 1. The predicted molar refractivity (Wildman–Crippen MR) is 176 cm³/mol. The number of carbonyl (C=O) groups is 1. The standard InChI is InChI=1S/C24H29ClN4O2S2.C3H6O.C2H6.CH5N/c1-15-12-19(14-26-23(15)25)29-33(30)21-13-17(10-11-20(21)31-3)22-16(2)27-24(32-22)28-18-8-6-4-5-7-9-18;1-3(2)4;2*1-2/h10-14,18,29H,4-9H2,1-3H3,(H,27,28);1-2H3;1-2H3;2H2,1H3. The van der Waals surface area contributed by atoms with Gasteiger partial charge >= 0.3 is 0 Å². The minimum atomic E-state index is -1.54. The number of pyridine rings is 1. The van der Waals surface area contributed by atoms with Crippen LogP contribution in [0.2, 0.25) is 5.15 Å². The maximum atomic E-state index is 13.2. The SMILES string of the molecule is CC.CC(C)=O.CN.COc1ccc(-c2sc(NC3CCCCCC3)nc2C)cc1S(=O)Nc1cnc(Cl)c(C)c1. The topological polar surface area (TPSA) is 119 Å².